The largest absolute Gasteiger partial charge is 0.357 e. The summed E-state index contributed by atoms with van der Waals surface area (Å²) >= 11 is 0. The Kier molecular flexibility index (Phi) is 5.25. The summed E-state index contributed by atoms with van der Waals surface area (Å²) in [5, 5.41) is 8.33. The van der Waals surface area contributed by atoms with Crippen LogP contribution in [0.25, 0.3) is 0 Å². The lowest BCUT2D eigenvalue weighted by Gasteiger charge is -2.14. The minimum absolute atomic E-state index is 0.122. The molecule has 5 nitrogen and oxygen atoms in total. The van der Waals surface area contributed by atoms with Crippen molar-refractivity contribution in [3.63, 3.8) is 0 Å². The minimum atomic E-state index is -0.470. The fourth-order valence-electron chi connectivity index (χ4n) is 1.94. The molecule has 1 fully saturated rings. The Morgan fingerprint density at radius 2 is 1.94 bits per heavy atom. The molecule has 0 radical (unpaired) electrons. The highest BCUT2D eigenvalue weighted by molar-refractivity contribution is 5.87. The van der Waals surface area contributed by atoms with Crippen LogP contribution in [-0.4, -0.2) is 37.5 Å². The molecule has 0 heterocycles. The number of hydrogen-bond donors (Lipinski definition) is 3. The lowest BCUT2D eigenvalue weighted by molar-refractivity contribution is -0.127. The van der Waals surface area contributed by atoms with E-state index < -0.39 is 6.04 Å². The van der Waals surface area contributed by atoms with Crippen molar-refractivity contribution in [3.05, 3.63) is 0 Å². The fraction of sp³-hybridized carbons (Fsp3) is 0.818. The summed E-state index contributed by atoms with van der Waals surface area (Å²) in [4.78, 5) is 22.6. The second-order valence-corrected chi connectivity index (χ2v) is 4.27. The molecule has 5 heteroatoms. The van der Waals surface area contributed by atoms with Crippen LogP contribution in [0.1, 0.15) is 32.6 Å². The standard InChI is InChI=1S/C11H21N3O2/c1-8(11(16)12-2)14-10(15)7-13-9-5-3-4-6-9/h8-9,13H,3-7H2,1-2H3,(H,12,16)(H,14,15). The third-order valence-corrected chi connectivity index (χ3v) is 2.92. The van der Waals surface area contributed by atoms with Gasteiger partial charge in [0.05, 0.1) is 6.54 Å². The molecule has 0 aromatic heterocycles. The quantitative estimate of drug-likeness (QED) is 0.607. The van der Waals surface area contributed by atoms with Gasteiger partial charge in [0.25, 0.3) is 0 Å². The van der Waals surface area contributed by atoms with Crippen LogP contribution < -0.4 is 16.0 Å². The van der Waals surface area contributed by atoms with Gasteiger partial charge in [-0.1, -0.05) is 12.8 Å². The molecule has 0 aromatic rings. The highest BCUT2D eigenvalue weighted by Crippen LogP contribution is 2.17. The molecule has 1 rings (SSSR count). The zero-order chi connectivity index (χ0) is 12.0. The van der Waals surface area contributed by atoms with Gasteiger partial charge >= 0.3 is 0 Å². The summed E-state index contributed by atoms with van der Waals surface area (Å²) in [7, 11) is 1.56. The van der Waals surface area contributed by atoms with Gasteiger partial charge in [0.2, 0.25) is 11.8 Å². The Balaban J connectivity index is 2.17. The number of hydrogen-bond acceptors (Lipinski definition) is 3. The highest BCUT2D eigenvalue weighted by Gasteiger charge is 2.17. The summed E-state index contributed by atoms with van der Waals surface area (Å²) in [6, 6.07) is 0.00364. The first-order chi connectivity index (χ1) is 7.63. The van der Waals surface area contributed by atoms with Gasteiger partial charge in [-0.3, -0.25) is 9.59 Å². The van der Waals surface area contributed by atoms with Crippen LogP contribution in [0.4, 0.5) is 0 Å². The molecule has 1 saturated carbocycles. The molecule has 2 amide bonds. The van der Waals surface area contributed by atoms with Crippen molar-refractivity contribution < 1.29 is 9.59 Å². The first kappa shape index (κ1) is 13.0. The first-order valence-electron chi connectivity index (χ1n) is 5.88. The van der Waals surface area contributed by atoms with E-state index in [0.717, 1.165) is 12.8 Å². The predicted molar refractivity (Wildman–Crippen MR) is 61.9 cm³/mol. The van der Waals surface area contributed by atoms with E-state index >= 15 is 0 Å². The normalized spacial score (nSPS) is 18.1. The second-order valence-electron chi connectivity index (χ2n) is 4.27. The molecule has 1 unspecified atom stereocenters. The zero-order valence-corrected chi connectivity index (χ0v) is 10.0. The van der Waals surface area contributed by atoms with Crippen molar-refractivity contribution in [1.29, 1.82) is 0 Å². The molecule has 0 spiro atoms. The molecule has 3 N–H and O–H groups in total. The van der Waals surface area contributed by atoms with E-state index in [2.05, 4.69) is 16.0 Å². The van der Waals surface area contributed by atoms with Crippen LogP contribution in [0, 0.1) is 0 Å². The van der Waals surface area contributed by atoms with E-state index in [9.17, 15) is 9.59 Å². The Morgan fingerprint density at radius 1 is 1.31 bits per heavy atom. The molecule has 1 aliphatic carbocycles. The average Bonchev–Trinajstić information content (AvgIpc) is 2.78. The summed E-state index contributed by atoms with van der Waals surface area (Å²) < 4.78 is 0. The van der Waals surface area contributed by atoms with Crippen LogP contribution in [-0.2, 0) is 9.59 Å². The molecule has 1 aliphatic rings. The number of nitrogens with one attached hydrogen (secondary N) is 3. The summed E-state index contributed by atoms with van der Waals surface area (Å²) in [6.07, 6.45) is 4.79. The SMILES string of the molecule is CNC(=O)C(C)NC(=O)CNC1CCCC1. The summed E-state index contributed by atoms with van der Waals surface area (Å²) in [5.41, 5.74) is 0. The third kappa shape index (κ3) is 4.18. The maximum Gasteiger partial charge on any atom is 0.242 e. The summed E-state index contributed by atoms with van der Waals surface area (Å²) in [5.74, 6) is -0.294. The van der Waals surface area contributed by atoms with Crippen molar-refractivity contribution in [3.8, 4) is 0 Å². The van der Waals surface area contributed by atoms with Gasteiger partial charge in [0, 0.05) is 13.1 Å². The van der Waals surface area contributed by atoms with Gasteiger partial charge in [-0.15, -0.1) is 0 Å². The van der Waals surface area contributed by atoms with Gasteiger partial charge in [0.1, 0.15) is 6.04 Å². The number of carbonyl (C=O) groups is 2. The maximum atomic E-state index is 11.5. The maximum absolute atomic E-state index is 11.5. The van der Waals surface area contributed by atoms with E-state index in [-0.39, 0.29) is 11.8 Å². The summed E-state index contributed by atoms with van der Waals surface area (Å²) in [6.45, 7) is 1.97. The van der Waals surface area contributed by atoms with Crippen molar-refractivity contribution in [2.75, 3.05) is 13.6 Å². The van der Waals surface area contributed by atoms with Gasteiger partial charge in [-0.2, -0.15) is 0 Å². The Bertz CT molecular complexity index is 250. The molecule has 16 heavy (non-hydrogen) atoms. The molecule has 0 bridgehead atoms. The topological polar surface area (TPSA) is 70.2 Å². The average molecular weight is 227 g/mol. The third-order valence-electron chi connectivity index (χ3n) is 2.92. The number of amides is 2. The Morgan fingerprint density at radius 3 is 2.50 bits per heavy atom. The smallest absolute Gasteiger partial charge is 0.242 e. The predicted octanol–water partition coefficient (Wildman–Crippen LogP) is -0.231. The lowest BCUT2D eigenvalue weighted by Crippen LogP contribution is -2.47. The molecular formula is C11H21N3O2. The van der Waals surface area contributed by atoms with E-state index in [1.54, 1.807) is 14.0 Å². The van der Waals surface area contributed by atoms with Gasteiger partial charge < -0.3 is 16.0 Å². The van der Waals surface area contributed by atoms with Crippen LogP contribution in [0.5, 0.6) is 0 Å². The van der Waals surface area contributed by atoms with Crippen LogP contribution in [0.2, 0.25) is 0 Å². The van der Waals surface area contributed by atoms with Crippen LogP contribution >= 0.6 is 0 Å². The van der Waals surface area contributed by atoms with Crippen molar-refractivity contribution >= 4 is 11.8 Å². The van der Waals surface area contributed by atoms with Crippen LogP contribution in [0.15, 0.2) is 0 Å². The monoisotopic (exact) mass is 227 g/mol. The Hall–Kier alpha value is -1.10. The second kappa shape index (κ2) is 6.48. The van der Waals surface area contributed by atoms with E-state index in [0.29, 0.717) is 12.6 Å². The fourth-order valence-corrected chi connectivity index (χ4v) is 1.94. The lowest BCUT2D eigenvalue weighted by atomic mass is 10.2. The van der Waals surface area contributed by atoms with Gasteiger partial charge in [0.15, 0.2) is 0 Å². The van der Waals surface area contributed by atoms with E-state index in [1.165, 1.54) is 12.8 Å². The number of likely N-dealkylation sites (N-methyl/N-ethyl adjacent to an activating group) is 1. The first-order valence-corrected chi connectivity index (χ1v) is 5.88. The molecule has 0 saturated heterocycles. The van der Waals surface area contributed by atoms with E-state index in [4.69, 9.17) is 0 Å². The number of rotatable bonds is 5. The highest BCUT2D eigenvalue weighted by atomic mass is 16.2. The molecule has 1 atom stereocenters. The van der Waals surface area contributed by atoms with E-state index in [1.807, 2.05) is 0 Å². The molecule has 92 valence electrons. The molecule has 0 aliphatic heterocycles. The van der Waals surface area contributed by atoms with Gasteiger partial charge in [-0.25, -0.2) is 0 Å². The van der Waals surface area contributed by atoms with Crippen molar-refractivity contribution in [2.45, 2.75) is 44.7 Å². The Labute approximate surface area is 96.4 Å². The van der Waals surface area contributed by atoms with Crippen molar-refractivity contribution in [2.24, 2.45) is 0 Å². The molecular weight excluding hydrogens is 206 g/mol. The van der Waals surface area contributed by atoms with Crippen molar-refractivity contribution in [1.82, 2.24) is 16.0 Å². The minimum Gasteiger partial charge on any atom is -0.357 e. The van der Waals surface area contributed by atoms with Gasteiger partial charge in [-0.05, 0) is 19.8 Å². The zero-order valence-electron chi connectivity index (χ0n) is 10.0. The number of carbonyl (C=O) groups excluding carboxylic acids is 2. The van der Waals surface area contributed by atoms with Crippen LogP contribution in [0.3, 0.4) is 0 Å². The molecule has 0 aromatic carbocycles.